The van der Waals surface area contributed by atoms with Crippen molar-refractivity contribution >= 4 is 44.5 Å². The van der Waals surface area contributed by atoms with Gasteiger partial charge in [0.15, 0.2) is 0 Å². The van der Waals surface area contributed by atoms with Gasteiger partial charge < -0.3 is 19.8 Å². The Kier molecular flexibility index (Phi) is 4.56. The van der Waals surface area contributed by atoms with Gasteiger partial charge in [-0.1, -0.05) is 11.6 Å². The zero-order chi connectivity index (χ0) is 17.4. The smallest absolute Gasteiger partial charge is 0.223 e. The van der Waals surface area contributed by atoms with Crippen LogP contribution in [0.15, 0.2) is 22.9 Å². The summed E-state index contributed by atoms with van der Waals surface area (Å²) in [6.07, 6.45) is 1.92. The van der Waals surface area contributed by atoms with Gasteiger partial charge in [-0.15, -0.1) is 0 Å². The first-order valence-electron chi connectivity index (χ1n) is 7.14. The second-order valence-electron chi connectivity index (χ2n) is 5.26. The van der Waals surface area contributed by atoms with E-state index in [0.717, 1.165) is 27.9 Å². The molecular formula is C16H16BrClN4O2. The molecule has 24 heavy (non-hydrogen) atoms. The third-order valence-electron chi connectivity index (χ3n) is 3.85. The number of fused-ring (bicyclic) bond motifs is 1. The molecule has 0 fully saturated rings. The van der Waals surface area contributed by atoms with Gasteiger partial charge in [-0.05, 0) is 40.5 Å². The number of hydrogen-bond donors (Lipinski definition) is 1. The molecule has 0 atom stereocenters. The molecule has 0 aliphatic rings. The van der Waals surface area contributed by atoms with Gasteiger partial charge in [0, 0.05) is 11.8 Å². The zero-order valence-corrected chi connectivity index (χ0v) is 15.8. The predicted octanol–water partition coefficient (Wildman–Crippen LogP) is 3.80. The quantitative estimate of drug-likeness (QED) is 0.661. The molecule has 0 radical (unpaired) electrons. The summed E-state index contributed by atoms with van der Waals surface area (Å²) < 4.78 is 13.5. The molecule has 8 heteroatoms. The number of methoxy groups -OCH3 is 2. The number of nitrogens with two attached hydrogens (primary N) is 1. The first kappa shape index (κ1) is 16.9. The summed E-state index contributed by atoms with van der Waals surface area (Å²) in [4.78, 5) is 8.43. The average molecular weight is 412 g/mol. The Morgan fingerprint density at radius 1 is 1.29 bits per heavy atom. The highest BCUT2D eigenvalue weighted by Crippen LogP contribution is 2.38. The fraction of sp³-hybridized carbons (Fsp3) is 0.250. The Hall–Kier alpha value is -1.99. The van der Waals surface area contributed by atoms with Crippen molar-refractivity contribution in [1.29, 1.82) is 0 Å². The second kappa shape index (κ2) is 6.49. The van der Waals surface area contributed by atoms with Gasteiger partial charge in [0.2, 0.25) is 5.95 Å². The highest BCUT2D eigenvalue weighted by Gasteiger charge is 2.17. The maximum Gasteiger partial charge on any atom is 0.223 e. The van der Waals surface area contributed by atoms with E-state index in [0.29, 0.717) is 21.9 Å². The van der Waals surface area contributed by atoms with Gasteiger partial charge in [-0.3, -0.25) is 0 Å². The van der Waals surface area contributed by atoms with Gasteiger partial charge in [-0.2, -0.15) is 4.98 Å². The lowest BCUT2D eigenvalue weighted by Gasteiger charge is -2.16. The highest BCUT2D eigenvalue weighted by atomic mass is 79.9. The normalized spacial score (nSPS) is 11.0. The van der Waals surface area contributed by atoms with Crippen LogP contribution < -0.4 is 15.2 Å². The number of ether oxygens (including phenoxy) is 2. The van der Waals surface area contributed by atoms with Crippen molar-refractivity contribution in [2.45, 2.75) is 13.5 Å². The van der Waals surface area contributed by atoms with Crippen molar-refractivity contribution in [2.75, 3.05) is 20.0 Å². The van der Waals surface area contributed by atoms with E-state index in [1.165, 1.54) is 0 Å². The molecule has 2 aromatic heterocycles. The zero-order valence-electron chi connectivity index (χ0n) is 13.4. The number of nitrogen functional groups attached to an aromatic ring is 1. The summed E-state index contributed by atoms with van der Waals surface area (Å²) in [5.41, 5.74) is 8.21. The van der Waals surface area contributed by atoms with E-state index in [4.69, 9.17) is 26.8 Å². The molecular weight excluding hydrogens is 396 g/mol. The van der Waals surface area contributed by atoms with E-state index in [-0.39, 0.29) is 5.95 Å². The first-order chi connectivity index (χ1) is 11.5. The minimum absolute atomic E-state index is 0.208. The van der Waals surface area contributed by atoms with E-state index in [1.807, 2.05) is 29.8 Å². The monoisotopic (exact) mass is 410 g/mol. The van der Waals surface area contributed by atoms with Crippen LogP contribution >= 0.6 is 27.5 Å². The Labute approximate surface area is 152 Å². The number of rotatable bonds is 4. The molecule has 0 amide bonds. The summed E-state index contributed by atoms with van der Waals surface area (Å²) >= 11 is 9.92. The summed E-state index contributed by atoms with van der Waals surface area (Å²) in [6, 6.07) is 3.83. The molecule has 0 unspecified atom stereocenters. The molecule has 6 nitrogen and oxygen atoms in total. The van der Waals surface area contributed by atoms with Crippen LogP contribution in [0.4, 0.5) is 5.95 Å². The highest BCUT2D eigenvalue weighted by molar-refractivity contribution is 9.10. The van der Waals surface area contributed by atoms with Crippen molar-refractivity contribution in [3.05, 3.63) is 39.1 Å². The van der Waals surface area contributed by atoms with Crippen molar-refractivity contribution in [3.63, 3.8) is 0 Å². The molecule has 2 heterocycles. The topological polar surface area (TPSA) is 75.2 Å². The Morgan fingerprint density at radius 3 is 2.71 bits per heavy atom. The Morgan fingerprint density at radius 2 is 2.04 bits per heavy atom. The van der Waals surface area contributed by atoms with Crippen LogP contribution in [0.2, 0.25) is 5.02 Å². The van der Waals surface area contributed by atoms with Crippen LogP contribution in [0.5, 0.6) is 11.5 Å². The fourth-order valence-electron chi connectivity index (χ4n) is 2.68. The van der Waals surface area contributed by atoms with Gasteiger partial charge >= 0.3 is 0 Å². The van der Waals surface area contributed by atoms with Crippen molar-refractivity contribution in [2.24, 2.45) is 0 Å². The average Bonchev–Trinajstić information content (AvgIpc) is 2.93. The molecule has 2 N–H and O–H groups in total. The molecule has 0 saturated heterocycles. The molecule has 0 saturated carbocycles. The second-order valence-corrected chi connectivity index (χ2v) is 6.39. The molecule has 0 spiro atoms. The molecule has 0 aliphatic heterocycles. The molecule has 3 aromatic rings. The number of benzene rings is 1. The molecule has 1 aromatic carbocycles. The van der Waals surface area contributed by atoms with E-state index < -0.39 is 0 Å². The van der Waals surface area contributed by atoms with Crippen LogP contribution in [0.3, 0.4) is 0 Å². The third kappa shape index (κ3) is 2.78. The number of halogens is 2. The summed E-state index contributed by atoms with van der Waals surface area (Å²) in [5.74, 6) is 1.54. The van der Waals surface area contributed by atoms with Gasteiger partial charge in [0.05, 0.1) is 31.2 Å². The van der Waals surface area contributed by atoms with Crippen LogP contribution in [-0.2, 0) is 6.54 Å². The van der Waals surface area contributed by atoms with Crippen molar-refractivity contribution in [3.8, 4) is 11.5 Å². The van der Waals surface area contributed by atoms with Crippen LogP contribution in [0.1, 0.15) is 11.1 Å². The Balaban J connectivity index is 2.12. The van der Waals surface area contributed by atoms with E-state index in [1.54, 1.807) is 14.2 Å². The van der Waals surface area contributed by atoms with Crippen LogP contribution in [-0.4, -0.2) is 28.8 Å². The minimum Gasteiger partial charge on any atom is -0.496 e. The van der Waals surface area contributed by atoms with Crippen LogP contribution in [0.25, 0.3) is 11.0 Å². The minimum atomic E-state index is 0.208. The Bertz CT molecular complexity index is 926. The van der Waals surface area contributed by atoms with Crippen molar-refractivity contribution < 1.29 is 9.47 Å². The number of nitrogens with zero attached hydrogens (tertiary/aromatic N) is 3. The lowest BCUT2D eigenvalue weighted by atomic mass is 10.1. The standard InChI is InChI=1S/C16H16BrClN4O2/c1-8-11(23-2)6-9(12(18)13(8)24-3)7-22-5-4-10-14(17)20-16(19)21-15(10)22/h4-6H,7H2,1-3H3,(H2,19,20,21). The third-order valence-corrected chi connectivity index (χ3v) is 4.87. The van der Waals surface area contributed by atoms with Crippen LogP contribution in [0, 0.1) is 6.92 Å². The fourth-order valence-corrected chi connectivity index (χ4v) is 3.50. The lowest BCUT2D eigenvalue weighted by molar-refractivity contribution is 0.388. The van der Waals surface area contributed by atoms with Crippen molar-refractivity contribution in [1.82, 2.24) is 14.5 Å². The maximum atomic E-state index is 6.51. The number of hydrogen-bond acceptors (Lipinski definition) is 5. The molecule has 0 aliphatic carbocycles. The molecule has 0 bridgehead atoms. The van der Waals surface area contributed by atoms with E-state index >= 15 is 0 Å². The number of anilines is 1. The summed E-state index contributed by atoms with van der Waals surface area (Å²) in [6.45, 7) is 2.40. The molecule has 3 rings (SSSR count). The van der Waals surface area contributed by atoms with Gasteiger partial charge in [0.25, 0.3) is 0 Å². The summed E-state index contributed by atoms with van der Waals surface area (Å²) in [7, 11) is 3.21. The SMILES string of the molecule is COc1cc(Cn2ccc3c(Br)nc(N)nc32)c(Cl)c(OC)c1C. The largest absolute Gasteiger partial charge is 0.496 e. The predicted molar refractivity (Wildman–Crippen MR) is 98.0 cm³/mol. The van der Waals surface area contributed by atoms with Gasteiger partial charge in [0.1, 0.15) is 21.7 Å². The van der Waals surface area contributed by atoms with E-state index in [9.17, 15) is 0 Å². The first-order valence-corrected chi connectivity index (χ1v) is 8.31. The number of aromatic nitrogens is 3. The van der Waals surface area contributed by atoms with Gasteiger partial charge in [-0.25, -0.2) is 4.98 Å². The summed E-state index contributed by atoms with van der Waals surface area (Å²) in [5, 5.41) is 1.44. The maximum absolute atomic E-state index is 6.51. The molecule has 126 valence electrons. The lowest BCUT2D eigenvalue weighted by Crippen LogP contribution is -2.04. The van der Waals surface area contributed by atoms with E-state index in [2.05, 4.69) is 25.9 Å².